The maximum atomic E-state index is 10.2. The molecular weight excluding hydrogens is 406 g/mol. The highest BCUT2D eigenvalue weighted by Crippen LogP contribution is 2.29. The summed E-state index contributed by atoms with van der Waals surface area (Å²) in [5, 5.41) is 19.8. The Balaban J connectivity index is 1.63. The van der Waals surface area contributed by atoms with Gasteiger partial charge in [0.15, 0.2) is 0 Å². The van der Waals surface area contributed by atoms with Gasteiger partial charge < -0.3 is 9.67 Å². The van der Waals surface area contributed by atoms with Crippen LogP contribution in [0.5, 0.6) is 5.75 Å². The van der Waals surface area contributed by atoms with Crippen molar-refractivity contribution in [3.8, 4) is 22.6 Å². The van der Waals surface area contributed by atoms with Crippen LogP contribution >= 0.6 is 11.6 Å². The second kappa shape index (κ2) is 7.82. The second-order valence-electron chi connectivity index (χ2n) is 7.39. The van der Waals surface area contributed by atoms with Gasteiger partial charge in [-0.05, 0) is 47.5 Å². The lowest BCUT2D eigenvalue weighted by Gasteiger charge is -2.08. The van der Waals surface area contributed by atoms with Gasteiger partial charge in [-0.15, -0.1) is 0 Å². The van der Waals surface area contributed by atoms with E-state index in [1.807, 2.05) is 100 Å². The molecule has 0 spiro atoms. The molecule has 4 aromatic carbocycles. The number of hydrogen-bond donors (Lipinski definition) is 2. The summed E-state index contributed by atoms with van der Waals surface area (Å²) >= 11 is 6.39. The van der Waals surface area contributed by atoms with Crippen LogP contribution in [0.3, 0.4) is 0 Å². The van der Waals surface area contributed by atoms with E-state index >= 15 is 0 Å². The van der Waals surface area contributed by atoms with Crippen LogP contribution in [0, 0.1) is 5.41 Å². The molecule has 0 amide bonds. The molecule has 0 aliphatic rings. The van der Waals surface area contributed by atoms with Crippen molar-refractivity contribution in [1.82, 2.24) is 9.13 Å². The molecule has 0 bridgehead atoms. The summed E-state index contributed by atoms with van der Waals surface area (Å²) in [6.45, 7) is 0.516. The minimum Gasteiger partial charge on any atom is -0.507 e. The summed E-state index contributed by atoms with van der Waals surface area (Å²) < 4.78 is 3.90. The van der Waals surface area contributed by atoms with Crippen LogP contribution in [0.25, 0.3) is 27.8 Å². The van der Waals surface area contributed by atoms with E-state index in [4.69, 9.17) is 17.0 Å². The third-order valence-electron chi connectivity index (χ3n) is 5.51. The van der Waals surface area contributed by atoms with Gasteiger partial charge in [-0.3, -0.25) is 9.98 Å². The summed E-state index contributed by atoms with van der Waals surface area (Å²) in [5.74, 6) is 0.250. The average Bonchev–Trinajstić information content (AvgIpc) is 3.07. The number of fused-ring (bicyclic) bond motifs is 1. The molecule has 0 unspecified atom stereocenters. The SMILES string of the molecule is N=c1n(Cc2ccccc2Cl)c2ccccc2n1-c1ccc(-c2ccccc2O)cc1. The Bertz CT molecular complexity index is 1450. The van der Waals surface area contributed by atoms with E-state index in [9.17, 15) is 5.11 Å². The number of benzene rings is 4. The lowest BCUT2D eigenvalue weighted by molar-refractivity contribution is 0.477. The van der Waals surface area contributed by atoms with Gasteiger partial charge in [-0.1, -0.05) is 72.3 Å². The van der Waals surface area contributed by atoms with E-state index in [1.54, 1.807) is 6.07 Å². The van der Waals surface area contributed by atoms with Gasteiger partial charge in [0.25, 0.3) is 0 Å². The first-order valence-corrected chi connectivity index (χ1v) is 10.4. The van der Waals surface area contributed by atoms with Crippen molar-refractivity contribution in [3.63, 3.8) is 0 Å². The molecular formula is C26H20ClN3O. The van der Waals surface area contributed by atoms with E-state index in [1.165, 1.54) is 0 Å². The fraction of sp³-hybridized carbons (Fsp3) is 0.0385. The first-order valence-electron chi connectivity index (χ1n) is 10.0. The van der Waals surface area contributed by atoms with E-state index in [2.05, 4.69) is 0 Å². The summed E-state index contributed by atoms with van der Waals surface area (Å²) in [4.78, 5) is 0. The van der Waals surface area contributed by atoms with E-state index in [0.717, 1.165) is 33.4 Å². The maximum absolute atomic E-state index is 10.2. The number of aromatic hydroxyl groups is 1. The average molecular weight is 426 g/mol. The van der Waals surface area contributed by atoms with Crippen LogP contribution in [0.15, 0.2) is 97.1 Å². The monoisotopic (exact) mass is 425 g/mol. The maximum Gasteiger partial charge on any atom is 0.208 e. The second-order valence-corrected chi connectivity index (χ2v) is 7.80. The van der Waals surface area contributed by atoms with Gasteiger partial charge in [-0.25, -0.2) is 0 Å². The van der Waals surface area contributed by atoms with Crippen molar-refractivity contribution in [2.24, 2.45) is 0 Å². The third kappa shape index (κ3) is 3.41. The highest BCUT2D eigenvalue weighted by atomic mass is 35.5. The Morgan fingerprint density at radius 2 is 1.39 bits per heavy atom. The van der Waals surface area contributed by atoms with Crippen molar-refractivity contribution >= 4 is 22.6 Å². The predicted molar refractivity (Wildman–Crippen MR) is 125 cm³/mol. The molecule has 152 valence electrons. The smallest absolute Gasteiger partial charge is 0.208 e. The third-order valence-corrected chi connectivity index (χ3v) is 5.88. The van der Waals surface area contributed by atoms with Crippen LogP contribution in [-0.2, 0) is 6.54 Å². The van der Waals surface area contributed by atoms with Crippen molar-refractivity contribution in [2.45, 2.75) is 6.54 Å². The highest BCUT2D eigenvalue weighted by Gasteiger charge is 2.14. The Kier molecular flexibility index (Phi) is 4.85. The predicted octanol–water partition coefficient (Wildman–Crippen LogP) is 5.99. The number of nitrogens with zero attached hydrogens (tertiary/aromatic N) is 2. The molecule has 0 saturated heterocycles. The molecule has 5 aromatic rings. The van der Waals surface area contributed by atoms with Crippen LogP contribution in [0.2, 0.25) is 5.02 Å². The van der Waals surface area contributed by atoms with Crippen molar-refractivity contribution < 1.29 is 5.11 Å². The zero-order chi connectivity index (χ0) is 21.4. The summed E-state index contributed by atoms with van der Waals surface area (Å²) in [7, 11) is 0. The van der Waals surface area contributed by atoms with Crippen LogP contribution in [-0.4, -0.2) is 14.2 Å². The Morgan fingerprint density at radius 1 is 0.742 bits per heavy atom. The number of para-hydroxylation sites is 3. The minimum atomic E-state index is 0.250. The van der Waals surface area contributed by atoms with Gasteiger partial charge >= 0.3 is 0 Å². The normalized spacial score (nSPS) is 11.1. The lowest BCUT2D eigenvalue weighted by Crippen LogP contribution is -2.24. The summed E-state index contributed by atoms with van der Waals surface area (Å²) in [6.07, 6.45) is 0. The molecule has 0 atom stereocenters. The highest BCUT2D eigenvalue weighted by molar-refractivity contribution is 6.31. The summed E-state index contributed by atoms with van der Waals surface area (Å²) in [5.41, 5.74) is 5.86. The molecule has 1 heterocycles. The number of phenolic OH excluding ortho intramolecular Hbond substituents is 1. The van der Waals surface area contributed by atoms with E-state index in [-0.39, 0.29) is 5.75 Å². The molecule has 0 radical (unpaired) electrons. The fourth-order valence-corrected chi connectivity index (χ4v) is 4.15. The summed E-state index contributed by atoms with van der Waals surface area (Å²) in [6, 6.07) is 30.9. The number of nitrogens with one attached hydrogen (secondary N) is 1. The molecule has 4 nitrogen and oxygen atoms in total. The van der Waals surface area contributed by atoms with Crippen LogP contribution in [0.1, 0.15) is 5.56 Å². The lowest BCUT2D eigenvalue weighted by atomic mass is 10.0. The van der Waals surface area contributed by atoms with Gasteiger partial charge in [0.05, 0.1) is 17.6 Å². The molecule has 0 aliphatic carbocycles. The number of imidazole rings is 1. The fourth-order valence-electron chi connectivity index (χ4n) is 3.96. The van der Waals surface area contributed by atoms with Gasteiger partial charge in [0, 0.05) is 16.3 Å². The van der Waals surface area contributed by atoms with E-state index < -0.39 is 0 Å². The van der Waals surface area contributed by atoms with Crippen molar-refractivity contribution in [3.05, 3.63) is 113 Å². The quantitative estimate of drug-likeness (QED) is 0.365. The largest absolute Gasteiger partial charge is 0.507 e. The Labute approximate surface area is 184 Å². The number of hydrogen-bond acceptors (Lipinski definition) is 2. The molecule has 2 N–H and O–H groups in total. The number of aromatic nitrogens is 2. The molecule has 1 aromatic heterocycles. The Morgan fingerprint density at radius 3 is 2.13 bits per heavy atom. The standard InChI is InChI=1S/C26H20ClN3O/c27-22-9-3-1-7-19(22)17-29-23-10-4-5-11-24(23)30(26(29)28)20-15-13-18(14-16-20)21-8-2-6-12-25(21)31/h1-16,28,31H,17H2. The van der Waals surface area contributed by atoms with E-state index in [0.29, 0.717) is 17.2 Å². The molecule has 0 saturated carbocycles. The van der Waals surface area contributed by atoms with Crippen LogP contribution < -0.4 is 5.62 Å². The zero-order valence-corrected chi connectivity index (χ0v) is 17.4. The molecule has 0 fully saturated rings. The zero-order valence-electron chi connectivity index (χ0n) is 16.7. The number of rotatable bonds is 4. The molecule has 5 rings (SSSR count). The first kappa shape index (κ1) is 19.2. The van der Waals surface area contributed by atoms with Gasteiger partial charge in [0.1, 0.15) is 5.75 Å². The van der Waals surface area contributed by atoms with Gasteiger partial charge in [0.2, 0.25) is 5.62 Å². The van der Waals surface area contributed by atoms with Gasteiger partial charge in [-0.2, -0.15) is 0 Å². The number of halogens is 1. The van der Waals surface area contributed by atoms with Crippen molar-refractivity contribution in [2.75, 3.05) is 0 Å². The molecule has 31 heavy (non-hydrogen) atoms. The topological polar surface area (TPSA) is 53.9 Å². The Hall–Kier alpha value is -3.76. The number of phenols is 1. The van der Waals surface area contributed by atoms with Crippen LogP contribution in [0.4, 0.5) is 0 Å². The minimum absolute atomic E-state index is 0.250. The first-order chi connectivity index (χ1) is 15.1. The molecule has 0 aliphatic heterocycles. The molecule has 5 heteroatoms. The van der Waals surface area contributed by atoms with Crippen molar-refractivity contribution in [1.29, 1.82) is 5.41 Å².